The lowest BCUT2D eigenvalue weighted by molar-refractivity contribution is -0.133. The maximum Gasteiger partial charge on any atom is 0.242 e. The molecule has 4 nitrogen and oxygen atoms in total. The summed E-state index contributed by atoms with van der Waals surface area (Å²) in [4.78, 5) is 15.9. The summed E-state index contributed by atoms with van der Waals surface area (Å²) in [5.41, 5.74) is 1.54. The van der Waals surface area contributed by atoms with Crippen LogP contribution in [0.4, 0.5) is 10.1 Å². The van der Waals surface area contributed by atoms with E-state index in [1.165, 1.54) is 6.07 Å². The molecule has 0 N–H and O–H groups in total. The van der Waals surface area contributed by atoms with E-state index in [4.69, 9.17) is 4.74 Å². The van der Waals surface area contributed by atoms with E-state index in [-0.39, 0.29) is 18.3 Å². The third-order valence-corrected chi connectivity index (χ3v) is 4.22. The number of hydrogen-bond acceptors (Lipinski definition) is 3. The fourth-order valence-corrected chi connectivity index (χ4v) is 3.24. The minimum Gasteiger partial charge on any atom is -0.378 e. The van der Waals surface area contributed by atoms with Crippen molar-refractivity contribution in [3.63, 3.8) is 0 Å². The van der Waals surface area contributed by atoms with Crippen LogP contribution in [0.3, 0.4) is 0 Å². The number of halogens is 2. The Morgan fingerprint density at radius 2 is 2.05 bits per heavy atom. The molecule has 2 aliphatic rings. The molecule has 2 heterocycles. The summed E-state index contributed by atoms with van der Waals surface area (Å²) in [6.45, 7) is 3.36. The van der Waals surface area contributed by atoms with Gasteiger partial charge in [-0.05, 0) is 24.1 Å². The molecular weight excluding hydrogens is 327 g/mol. The van der Waals surface area contributed by atoms with Crippen LogP contribution in [-0.2, 0) is 16.0 Å². The second kappa shape index (κ2) is 5.69. The van der Waals surface area contributed by atoms with Gasteiger partial charge in [-0.2, -0.15) is 0 Å². The Morgan fingerprint density at radius 3 is 2.80 bits per heavy atom. The largest absolute Gasteiger partial charge is 0.378 e. The number of morpholine rings is 1. The Morgan fingerprint density at radius 1 is 1.30 bits per heavy atom. The van der Waals surface area contributed by atoms with Crippen LogP contribution in [0.25, 0.3) is 0 Å². The van der Waals surface area contributed by atoms with Crippen LogP contribution < -0.4 is 4.90 Å². The third-order valence-electron chi connectivity index (χ3n) is 3.76. The minimum absolute atomic E-state index is 0.0449. The molecule has 0 radical (unpaired) electrons. The zero-order valence-electron chi connectivity index (χ0n) is 11.1. The molecule has 0 bridgehead atoms. The topological polar surface area (TPSA) is 32.8 Å². The summed E-state index contributed by atoms with van der Waals surface area (Å²) in [5, 5.41) is 0. The predicted octanol–water partition coefficient (Wildman–Crippen LogP) is 1.81. The Balaban J connectivity index is 1.73. The second-order valence-corrected chi connectivity index (χ2v) is 5.98. The summed E-state index contributed by atoms with van der Waals surface area (Å²) >= 11 is 3.30. The third kappa shape index (κ3) is 2.67. The molecule has 1 amide bonds. The van der Waals surface area contributed by atoms with Gasteiger partial charge in [-0.25, -0.2) is 4.39 Å². The van der Waals surface area contributed by atoms with E-state index in [2.05, 4.69) is 15.9 Å². The van der Waals surface area contributed by atoms with Gasteiger partial charge in [-0.3, -0.25) is 4.79 Å². The molecule has 0 saturated carbocycles. The van der Waals surface area contributed by atoms with Crippen LogP contribution in [0, 0.1) is 5.82 Å². The number of carbonyl (C=O) groups is 1. The number of benzene rings is 1. The van der Waals surface area contributed by atoms with Crippen LogP contribution >= 0.6 is 15.9 Å². The van der Waals surface area contributed by atoms with E-state index in [9.17, 15) is 9.18 Å². The SMILES string of the molecule is O=C(CN1CCc2cc(Br)cc(F)c21)N1CCOCC1. The molecule has 6 heteroatoms. The number of hydrogen-bond donors (Lipinski definition) is 0. The Hall–Kier alpha value is -1.14. The monoisotopic (exact) mass is 342 g/mol. The molecule has 0 spiro atoms. The molecule has 3 rings (SSSR count). The molecular formula is C14H16BrFN2O2. The number of anilines is 1. The molecule has 1 fully saturated rings. The molecule has 1 aromatic carbocycles. The van der Waals surface area contributed by atoms with Crippen molar-refractivity contribution in [2.45, 2.75) is 6.42 Å². The van der Waals surface area contributed by atoms with Gasteiger partial charge in [0, 0.05) is 24.1 Å². The van der Waals surface area contributed by atoms with Crippen molar-refractivity contribution in [2.24, 2.45) is 0 Å². The molecule has 2 aliphatic heterocycles. The van der Waals surface area contributed by atoms with Crippen molar-refractivity contribution >= 4 is 27.5 Å². The van der Waals surface area contributed by atoms with E-state index >= 15 is 0 Å². The minimum atomic E-state index is -0.262. The van der Waals surface area contributed by atoms with Gasteiger partial charge in [0.05, 0.1) is 25.4 Å². The molecule has 108 valence electrons. The summed E-state index contributed by atoms with van der Waals surface area (Å²) in [6.07, 6.45) is 0.780. The zero-order valence-corrected chi connectivity index (χ0v) is 12.7. The number of rotatable bonds is 2. The van der Waals surface area contributed by atoms with Gasteiger partial charge < -0.3 is 14.5 Å². The number of ether oxygens (including phenoxy) is 1. The first kappa shape index (κ1) is 13.8. The standard InChI is InChI=1S/C14H16BrFN2O2/c15-11-7-10-1-2-18(14(10)12(16)8-11)9-13(19)17-3-5-20-6-4-17/h7-8H,1-6,9H2. The van der Waals surface area contributed by atoms with Gasteiger partial charge in [-0.1, -0.05) is 15.9 Å². The fraction of sp³-hybridized carbons (Fsp3) is 0.500. The maximum atomic E-state index is 14.1. The van der Waals surface area contributed by atoms with Gasteiger partial charge in [0.1, 0.15) is 5.82 Å². The summed E-state index contributed by atoms with van der Waals surface area (Å²) in [7, 11) is 0. The smallest absolute Gasteiger partial charge is 0.242 e. The molecule has 1 aromatic rings. The second-order valence-electron chi connectivity index (χ2n) is 5.06. The lowest BCUT2D eigenvalue weighted by Crippen LogP contribution is -2.45. The van der Waals surface area contributed by atoms with Gasteiger partial charge in [0.2, 0.25) is 5.91 Å². The molecule has 0 aromatic heterocycles. The number of carbonyl (C=O) groups excluding carboxylic acids is 1. The Labute approximate surface area is 125 Å². The van der Waals surface area contributed by atoms with E-state index in [1.54, 1.807) is 4.90 Å². The van der Waals surface area contributed by atoms with Crippen LogP contribution in [0.2, 0.25) is 0 Å². The molecule has 0 atom stereocenters. The molecule has 0 aliphatic carbocycles. The first-order valence-electron chi connectivity index (χ1n) is 6.73. The summed E-state index contributed by atoms with van der Waals surface area (Å²) in [5.74, 6) is -0.217. The molecule has 20 heavy (non-hydrogen) atoms. The van der Waals surface area contributed by atoms with Gasteiger partial charge in [-0.15, -0.1) is 0 Å². The number of fused-ring (bicyclic) bond motifs is 1. The summed E-state index contributed by atoms with van der Waals surface area (Å²) in [6, 6.07) is 3.38. The van der Waals surface area contributed by atoms with E-state index < -0.39 is 0 Å². The number of nitrogens with zero attached hydrogens (tertiary/aromatic N) is 2. The van der Waals surface area contributed by atoms with E-state index in [0.29, 0.717) is 38.5 Å². The average Bonchev–Trinajstić information content (AvgIpc) is 2.82. The van der Waals surface area contributed by atoms with Crippen molar-refractivity contribution in [2.75, 3.05) is 44.3 Å². The predicted molar refractivity (Wildman–Crippen MR) is 77.4 cm³/mol. The molecule has 0 unspecified atom stereocenters. The fourth-order valence-electron chi connectivity index (χ4n) is 2.77. The van der Waals surface area contributed by atoms with Gasteiger partial charge in [0.25, 0.3) is 0 Å². The highest BCUT2D eigenvalue weighted by atomic mass is 79.9. The quantitative estimate of drug-likeness (QED) is 0.821. The Bertz CT molecular complexity index is 532. The van der Waals surface area contributed by atoms with E-state index in [0.717, 1.165) is 16.5 Å². The van der Waals surface area contributed by atoms with Crippen LogP contribution in [0.15, 0.2) is 16.6 Å². The van der Waals surface area contributed by atoms with Crippen molar-refractivity contribution in [3.8, 4) is 0 Å². The Kier molecular flexibility index (Phi) is 3.94. The summed E-state index contributed by atoms with van der Waals surface area (Å²) < 4.78 is 20.1. The lowest BCUT2D eigenvalue weighted by Gasteiger charge is -2.29. The van der Waals surface area contributed by atoms with Crippen LogP contribution in [-0.4, -0.2) is 50.2 Å². The van der Waals surface area contributed by atoms with E-state index in [1.807, 2.05) is 11.0 Å². The van der Waals surface area contributed by atoms with Crippen molar-refractivity contribution in [1.82, 2.24) is 4.90 Å². The maximum absolute atomic E-state index is 14.1. The lowest BCUT2D eigenvalue weighted by atomic mass is 10.1. The normalized spacial score (nSPS) is 18.3. The zero-order chi connectivity index (χ0) is 14.1. The van der Waals surface area contributed by atoms with Crippen molar-refractivity contribution in [1.29, 1.82) is 0 Å². The van der Waals surface area contributed by atoms with Crippen LogP contribution in [0.5, 0.6) is 0 Å². The first-order valence-corrected chi connectivity index (χ1v) is 7.53. The number of amides is 1. The highest BCUT2D eigenvalue weighted by molar-refractivity contribution is 9.10. The average molecular weight is 343 g/mol. The van der Waals surface area contributed by atoms with Crippen LogP contribution in [0.1, 0.15) is 5.56 Å². The van der Waals surface area contributed by atoms with Crippen molar-refractivity contribution in [3.05, 3.63) is 28.0 Å². The first-order chi connectivity index (χ1) is 9.65. The highest BCUT2D eigenvalue weighted by Crippen LogP contribution is 2.33. The highest BCUT2D eigenvalue weighted by Gasteiger charge is 2.27. The van der Waals surface area contributed by atoms with Gasteiger partial charge in [0.15, 0.2) is 0 Å². The molecule has 1 saturated heterocycles. The van der Waals surface area contributed by atoms with Crippen molar-refractivity contribution < 1.29 is 13.9 Å². The van der Waals surface area contributed by atoms with Gasteiger partial charge >= 0.3 is 0 Å².